The zero-order chi connectivity index (χ0) is 21.1. The minimum Gasteiger partial charge on any atom is -0.508 e. The average molecular weight is 406 g/mol. The molecule has 2 aromatic carbocycles. The summed E-state index contributed by atoms with van der Waals surface area (Å²) in [6.45, 7) is -0.588. The summed E-state index contributed by atoms with van der Waals surface area (Å²) in [4.78, 5) is 0. The quantitative estimate of drug-likeness (QED) is 0.343. The molecule has 9 heteroatoms. The van der Waals surface area contributed by atoms with Crippen LogP contribution in [0.5, 0.6) is 23.0 Å². The standard InChI is InChI=1S/C20H22O9/c21-9-16-17(25)18(26)19(27)20(29-16)28-14-6-10(5-13(23)7-14)1-2-11-3-4-12(22)8-15(11)24/h1-8,16-27H,9H2. The number of rotatable bonds is 5. The molecular weight excluding hydrogens is 384 g/mol. The van der Waals surface area contributed by atoms with Crippen LogP contribution in [0.3, 0.4) is 0 Å². The van der Waals surface area contributed by atoms with Crippen LogP contribution in [0.4, 0.5) is 0 Å². The molecule has 0 aromatic heterocycles. The number of aromatic hydroxyl groups is 3. The second kappa shape index (κ2) is 8.68. The van der Waals surface area contributed by atoms with Crippen LogP contribution in [-0.4, -0.2) is 73.1 Å². The molecule has 1 fully saturated rings. The predicted octanol–water partition coefficient (Wildman–Crippen LogP) is 0.152. The van der Waals surface area contributed by atoms with Crippen molar-refractivity contribution in [3.63, 3.8) is 0 Å². The second-order valence-corrected chi connectivity index (χ2v) is 6.65. The van der Waals surface area contributed by atoms with Crippen LogP contribution in [0.15, 0.2) is 36.4 Å². The zero-order valence-electron chi connectivity index (χ0n) is 15.2. The van der Waals surface area contributed by atoms with Crippen LogP contribution >= 0.6 is 0 Å². The van der Waals surface area contributed by atoms with Gasteiger partial charge < -0.3 is 45.2 Å². The van der Waals surface area contributed by atoms with Crippen molar-refractivity contribution in [3.8, 4) is 23.0 Å². The van der Waals surface area contributed by atoms with E-state index in [-0.39, 0.29) is 23.0 Å². The molecule has 0 aliphatic carbocycles. The van der Waals surface area contributed by atoms with Crippen molar-refractivity contribution < 1.29 is 45.2 Å². The molecule has 1 aliphatic rings. The van der Waals surface area contributed by atoms with Crippen molar-refractivity contribution in [2.24, 2.45) is 0 Å². The summed E-state index contributed by atoms with van der Waals surface area (Å²) in [7, 11) is 0. The fourth-order valence-electron chi connectivity index (χ4n) is 2.93. The molecule has 0 bridgehead atoms. The lowest BCUT2D eigenvalue weighted by atomic mass is 9.99. The van der Waals surface area contributed by atoms with Crippen LogP contribution in [0, 0.1) is 0 Å². The first-order valence-electron chi connectivity index (χ1n) is 8.80. The number of hydrogen-bond donors (Lipinski definition) is 7. The lowest BCUT2D eigenvalue weighted by molar-refractivity contribution is -0.277. The van der Waals surface area contributed by atoms with Gasteiger partial charge in [-0.1, -0.05) is 12.2 Å². The fraction of sp³-hybridized carbons (Fsp3) is 0.300. The minimum absolute atomic E-state index is 0.0766. The number of aliphatic hydroxyl groups is 4. The molecule has 2 aromatic rings. The maximum atomic E-state index is 10.1. The molecule has 0 amide bonds. The van der Waals surface area contributed by atoms with E-state index in [2.05, 4.69) is 0 Å². The lowest BCUT2D eigenvalue weighted by Crippen LogP contribution is -2.60. The first-order chi connectivity index (χ1) is 13.8. The van der Waals surface area contributed by atoms with Gasteiger partial charge in [0.25, 0.3) is 0 Å². The molecular formula is C20H22O9. The molecule has 156 valence electrons. The van der Waals surface area contributed by atoms with Crippen LogP contribution < -0.4 is 4.74 Å². The summed E-state index contributed by atoms with van der Waals surface area (Å²) in [5, 5.41) is 68.0. The van der Waals surface area contributed by atoms with E-state index in [4.69, 9.17) is 9.47 Å². The van der Waals surface area contributed by atoms with Gasteiger partial charge in [-0.25, -0.2) is 0 Å². The monoisotopic (exact) mass is 406 g/mol. The Morgan fingerprint density at radius 1 is 0.862 bits per heavy atom. The van der Waals surface area contributed by atoms with Crippen molar-refractivity contribution in [1.29, 1.82) is 0 Å². The molecule has 1 aliphatic heterocycles. The Kier molecular flexibility index (Phi) is 6.26. The Morgan fingerprint density at radius 3 is 2.31 bits per heavy atom. The topological polar surface area (TPSA) is 160 Å². The molecule has 0 radical (unpaired) electrons. The van der Waals surface area contributed by atoms with E-state index in [9.17, 15) is 35.7 Å². The molecule has 9 nitrogen and oxygen atoms in total. The Hall–Kier alpha value is -2.82. The summed E-state index contributed by atoms with van der Waals surface area (Å²) in [5.74, 6) is -0.253. The van der Waals surface area contributed by atoms with E-state index in [0.717, 1.165) is 0 Å². The predicted molar refractivity (Wildman–Crippen MR) is 101 cm³/mol. The third-order valence-electron chi connectivity index (χ3n) is 4.48. The van der Waals surface area contributed by atoms with Crippen LogP contribution in [0.1, 0.15) is 11.1 Å². The highest BCUT2D eigenvalue weighted by Gasteiger charge is 2.44. The highest BCUT2D eigenvalue weighted by Crippen LogP contribution is 2.29. The number of benzene rings is 2. The molecule has 0 spiro atoms. The Morgan fingerprint density at radius 2 is 1.62 bits per heavy atom. The van der Waals surface area contributed by atoms with Gasteiger partial charge in [-0.3, -0.25) is 0 Å². The average Bonchev–Trinajstić information content (AvgIpc) is 2.67. The van der Waals surface area contributed by atoms with Gasteiger partial charge in [0.05, 0.1) is 6.61 Å². The van der Waals surface area contributed by atoms with E-state index < -0.39 is 37.3 Å². The molecule has 1 saturated heterocycles. The van der Waals surface area contributed by atoms with Gasteiger partial charge in [0.2, 0.25) is 6.29 Å². The van der Waals surface area contributed by atoms with Crippen LogP contribution in [0.2, 0.25) is 0 Å². The van der Waals surface area contributed by atoms with E-state index >= 15 is 0 Å². The molecule has 29 heavy (non-hydrogen) atoms. The first-order valence-corrected chi connectivity index (χ1v) is 8.80. The van der Waals surface area contributed by atoms with Crippen molar-refractivity contribution >= 4 is 12.2 Å². The van der Waals surface area contributed by atoms with Gasteiger partial charge in [-0.2, -0.15) is 0 Å². The zero-order valence-corrected chi connectivity index (χ0v) is 15.2. The van der Waals surface area contributed by atoms with Crippen molar-refractivity contribution in [2.45, 2.75) is 30.7 Å². The maximum Gasteiger partial charge on any atom is 0.229 e. The van der Waals surface area contributed by atoms with E-state index in [0.29, 0.717) is 11.1 Å². The largest absolute Gasteiger partial charge is 0.508 e. The third-order valence-corrected chi connectivity index (χ3v) is 4.48. The first kappa shape index (κ1) is 20.9. The minimum atomic E-state index is -1.58. The third kappa shape index (κ3) is 4.78. The SMILES string of the molecule is OCC1OC(Oc2cc(O)cc(C=Cc3ccc(O)cc3O)c2)C(O)C(O)C1O. The number of ether oxygens (including phenoxy) is 2. The van der Waals surface area contributed by atoms with Gasteiger partial charge >= 0.3 is 0 Å². The summed E-state index contributed by atoms with van der Waals surface area (Å²) in [6, 6.07) is 8.31. The second-order valence-electron chi connectivity index (χ2n) is 6.65. The van der Waals surface area contributed by atoms with Crippen molar-refractivity contribution in [2.75, 3.05) is 6.61 Å². The Labute approximate surface area is 165 Å². The van der Waals surface area contributed by atoms with Gasteiger partial charge in [0.15, 0.2) is 0 Å². The molecule has 5 atom stereocenters. The van der Waals surface area contributed by atoms with E-state index in [1.807, 2.05) is 0 Å². The molecule has 3 rings (SSSR count). The summed E-state index contributed by atoms with van der Waals surface area (Å²) >= 11 is 0. The molecule has 0 saturated carbocycles. The summed E-state index contributed by atoms with van der Waals surface area (Å²) in [5.41, 5.74) is 0.916. The van der Waals surface area contributed by atoms with Gasteiger partial charge in [0.1, 0.15) is 47.4 Å². The maximum absolute atomic E-state index is 10.1. The van der Waals surface area contributed by atoms with E-state index in [1.54, 1.807) is 12.2 Å². The Bertz CT molecular complexity index is 880. The highest BCUT2D eigenvalue weighted by atomic mass is 16.7. The van der Waals surface area contributed by atoms with Crippen LogP contribution in [-0.2, 0) is 4.74 Å². The van der Waals surface area contributed by atoms with Gasteiger partial charge in [-0.05, 0) is 29.8 Å². The molecule has 1 heterocycles. The smallest absolute Gasteiger partial charge is 0.229 e. The Balaban J connectivity index is 1.79. The highest BCUT2D eigenvalue weighted by molar-refractivity contribution is 5.73. The van der Waals surface area contributed by atoms with E-state index in [1.165, 1.54) is 36.4 Å². The van der Waals surface area contributed by atoms with Crippen molar-refractivity contribution in [1.82, 2.24) is 0 Å². The van der Waals surface area contributed by atoms with Crippen LogP contribution in [0.25, 0.3) is 12.2 Å². The normalized spacial score (nSPS) is 27.2. The van der Waals surface area contributed by atoms with Gasteiger partial charge in [0, 0.05) is 17.7 Å². The molecule has 7 N–H and O–H groups in total. The number of aliphatic hydroxyl groups excluding tert-OH is 4. The molecule has 5 unspecified atom stereocenters. The lowest BCUT2D eigenvalue weighted by Gasteiger charge is -2.39. The number of phenols is 3. The number of hydrogen-bond acceptors (Lipinski definition) is 9. The van der Waals surface area contributed by atoms with Gasteiger partial charge in [-0.15, -0.1) is 0 Å². The fourth-order valence-corrected chi connectivity index (χ4v) is 2.93. The summed E-state index contributed by atoms with van der Waals surface area (Å²) < 4.78 is 10.8. The number of phenolic OH excluding ortho intramolecular Hbond substituents is 3. The summed E-state index contributed by atoms with van der Waals surface area (Å²) in [6.07, 6.45) is -4.04. The van der Waals surface area contributed by atoms with Crippen molar-refractivity contribution in [3.05, 3.63) is 47.5 Å².